The van der Waals surface area contributed by atoms with Crippen molar-refractivity contribution in [2.45, 2.75) is 31.9 Å². The topological polar surface area (TPSA) is 35.2 Å². The van der Waals surface area contributed by atoms with Crippen LogP contribution in [-0.2, 0) is 11.2 Å². The van der Waals surface area contributed by atoms with E-state index < -0.39 is 11.6 Å². The second kappa shape index (κ2) is 5.10. The van der Waals surface area contributed by atoms with Crippen molar-refractivity contribution < 1.29 is 13.5 Å². The van der Waals surface area contributed by atoms with Crippen LogP contribution in [0.2, 0.25) is 0 Å². The van der Waals surface area contributed by atoms with Crippen LogP contribution in [0.25, 0.3) is 0 Å². The fraction of sp³-hybridized carbons (Fsp3) is 0.538. The van der Waals surface area contributed by atoms with Crippen molar-refractivity contribution in [1.29, 1.82) is 0 Å². The molecule has 1 aromatic carbocycles. The summed E-state index contributed by atoms with van der Waals surface area (Å²) >= 11 is 0. The van der Waals surface area contributed by atoms with Crippen LogP contribution in [0.5, 0.6) is 0 Å². The summed E-state index contributed by atoms with van der Waals surface area (Å²) in [5.74, 6) is -0.704. The van der Waals surface area contributed by atoms with Crippen LogP contribution in [0.4, 0.5) is 8.78 Å². The van der Waals surface area contributed by atoms with Gasteiger partial charge in [-0.15, -0.1) is 0 Å². The first-order chi connectivity index (χ1) is 8.08. The summed E-state index contributed by atoms with van der Waals surface area (Å²) in [4.78, 5) is 0. The minimum absolute atomic E-state index is 0.0283. The lowest BCUT2D eigenvalue weighted by Crippen LogP contribution is -2.39. The molecule has 17 heavy (non-hydrogen) atoms. The first kappa shape index (κ1) is 12.5. The molecule has 0 saturated carbocycles. The van der Waals surface area contributed by atoms with Gasteiger partial charge >= 0.3 is 0 Å². The molecule has 0 aliphatic carbocycles. The molecule has 0 spiro atoms. The van der Waals surface area contributed by atoms with Crippen molar-refractivity contribution in [3.05, 3.63) is 35.4 Å². The van der Waals surface area contributed by atoms with E-state index in [-0.39, 0.29) is 12.1 Å². The van der Waals surface area contributed by atoms with Crippen molar-refractivity contribution in [2.24, 2.45) is 11.7 Å². The number of nitrogens with two attached hydrogens (primary N) is 1. The Morgan fingerprint density at radius 2 is 2.24 bits per heavy atom. The van der Waals surface area contributed by atoms with E-state index in [2.05, 4.69) is 6.92 Å². The average Bonchev–Trinajstić information content (AvgIpc) is 2.68. The van der Waals surface area contributed by atoms with Crippen molar-refractivity contribution in [2.75, 3.05) is 6.61 Å². The van der Waals surface area contributed by atoms with Crippen molar-refractivity contribution in [3.63, 3.8) is 0 Å². The lowest BCUT2D eigenvalue weighted by atomic mass is 9.93. The van der Waals surface area contributed by atoms with Gasteiger partial charge < -0.3 is 10.5 Å². The molecule has 0 amide bonds. The van der Waals surface area contributed by atoms with Gasteiger partial charge in [-0.1, -0.05) is 13.0 Å². The maximum atomic E-state index is 13.5. The molecular weight excluding hydrogens is 224 g/mol. The standard InChI is InChI=1S/C13H17F2NO/c1-8-4-5-17-13(8)12(16)6-9-2-3-10(14)7-11(9)15/h2-3,7-8,12-13H,4-6,16H2,1H3. The van der Waals surface area contributed by atoms with Crippen LogP contribution >= 0.6 is 0 Å². The SMILES string of the molecule is CC1CCOC1C(N)Cc1ccc(F)cc1F. The highest BCUT2D eigenvalue weighted by Gasteiger charge is 2.30. The van der Waals surface area contributed by atoms with Gasteiger partial charge in [0.2, 0.25) is 0 Å². The van der Waals surface area contributed by atoms with Gasteiger partial charge in [-0.05, 0) is 30.4 Å². The summed E-state index contributed by atoms with van der Waals surface area (Å²) in [6, 6.07) is 3.35. The van der Waals surface area contributed by atoms with E-state index in [1.54, 1.807) is 0 Å². The summed E-state index contributed by atoms with van der Waals surface area (Å²) in [5.41, 5.74) is 6.47. The van der Waals surface area contributed by atoms with E-state index in [1.165, 1.54) is 12.1 Å². The molecule has 3 unspecified atom stereocenters. The average molecular weight is 241 g/mol. The Bertz CT molecular complexity index is 397. The lowest BCUT2D eigenvalue weighted by molar-refractivity contribution is 0.0724. The molecule has 1 saturated heterocycles. The van der Waals surface area contributed by atoms with Crippen molar-refractivity contribution >= 4 is 0 Å². The lowest BCUT2D eigenvalue weighted by Gasteiger charge is -2.22. The van der Waals surface area contributed by atoms with Gasteiger partial charge in [0, 0.05) is 18.7 Å². The molecule has 0 radical (unpaired) electrons. The van der Waals surface area contributed by atoms with Gasteiger partial charge in [0.25, 0.3) is 0 Å². The summed E-state index contributed by atoms with van der Waals surface area (Å²) in [7, 11) is 0. The Kier molecular flexibility index (Phi) is 3.74. The zero-order valence-electron chi connectivity index (χ0n) is 9.83. The molecule has 1 aliphatic heterocycles. The Morgan fingerprint density at radius 3 is 2.82 bits per heavy atom. The molecule has 1 fully saturated rings. The molecule has 2 N–H and O–H groups in total. The van der Waals surface area contributed by atoms with Gasteiger partial charge in [-0.3, -0.25) is 0 Å². The van der Waals surface area contributed by atoms with Crippen molar-refractivity contribution in [1.82, 2.24) is 0 Å². The smallest absolute Gasteiger partial charge is 0.129 e. The normalized spacial score (nSPS) is 26.1. The molecular formula is C13H17F2NO. The summed E-state index contributed by atoms with van der Waals surface area (Å²) < 4.78 is 31.8. The highest BCUT2D eigenvalue weighted by Crippen LogP contribution is 2.24. The van der Waals surface area contributed by atoms with E-state index in [9.17, 15) is 8.78 Å². The van der Waals surface area contributed by atoms with Crippen LogP contribution in [0.15, 0.2) is 18.2 Å². The third kappa shape index (κ3) is 2.82. The van der Waals surface area contributed by atoms with Crippen LogP contribution < -0.4 is 5.73 Å². The molecule has 2 nitrogen and oxygen atoms in total. The summed E-state index contributed by atoms with van der Waals surface area (Å²) in [6.07, 6.45) is 1.34. The van der Waals surface area contributed by atoms with E-state index in [4.69, 9.17) is 10.5 Å². The Labute approximate surface area is 99.8 Å². The van der Waals surface area contributed by atoms with E-state index in [0.717, 1.165) is 12.5 Å². The highest BCUT2D eigenvalue weighted by molar-refractivity contribution is 5.20. The van der Waals surface area contributed by atoms with Crippen molar-refractivity contribution in [3.8, 4) is 0 Å². The quantitative estimate of drug-likeness (QED) is 0.881. The largest absolute Gasteiger partial charge is 0.376 e. The molecule has 0 aromatic heterocycles. The van der Waals surface area contributed by atoms with E-state index in [0.29, 0.717) is 24.5 Å². The van der Waals surface area contributed by atoms with Crippen LogP contribution in [0, 0.1) is 17.6 Å². The number of hydrogen-bond donors (Lipinski definition) is 1. The first-order valence-electron chi connectivity index (χ1n) is 5.89. The van der Waals surface area contributed by atoms with Crippen LogP contribution in [0.1, 0.15) is 18.9 Å². The second-order valence-corrected chi connectivity index (χ2v) is 4.71. The monoisotopic (exact) mass is 241 g/mol. The predicted octanol–water partition coefficient (Wildman–Crippen LogP) is 2.26. The number of rotatable bonds is 3. The zero-order valence-corrected chi connectivity index (χ0v) is 9.83. The second-order valence-electron chi connectivity index (χ2n) is 4.71. The minimum Gasteiger partial charge on any atom is -0.376 e. The maximum absolute atomic E-state index is 13.5. The van der Waals surface area contributed by atoms with Gasteiger partial charge in [0.1, 0.15) is 11.6 Å². The number of halogens is 2. The molecule has 1 aliphatic rings. The molecule has 1 heterocycles. The molecule has 94 valence electrons. The van der Waals surface area contributed by atoms with E-state index >= 15 is 0 Å². The van der Waals surface area contributed by atoms with Gasteiger partial charge in [-0.2, -0.15) is 0 Å². The Morgan fingerprint density at radius 1 is 1.47 bits per heavy atom. The number of benzene rings is 1. The van der Waals surface area contributed by atoms with Gasteiger partial charge in [-0.25, -0.2) is 8.78 Å². The number of ether oxygens (including phenoxy) is 1. The third-order valence-electron chi connectivity index (χ3n) is 3.34. The third-order valence-corrected chi connectivity index (χ3v) is 3.34. The fourth-order valence-corrected chi connectivity index (χ4v) is 2.32. The molecule has 1 aromatic rings. The minimum atomic E-state index is -0.565. The zero-order chi connectivity index (χ0) is 12.4. The predicted molar refractivity (Wildman–Crippen MR) is 61.6 cm³/mol. The van der Waals surface area contributed by atoms with Gasteiger partial charge in [0.05, 0.1) is 6.10 Å². The summed E-state index contributed by atoms with van der Waals surface area (Å²) in [6.45, 7) is 2.80. The first-order valence-corrected chi connectivity index (χ1v) is 5.89. The maximum Gasteiger partial charge on any atom is 0.129 e. The fourth-order valence-electron chi connectivity index (χ4n) is 2.32. The van der Waals surface area contributed by atoms with Gasteiger partial charge in [0.15, 0.2) is 0 Å². The summed E-state index contributed by atoms with van der Waals surface area (Å²) in [5, 5.41) is 0. The number of hydrogen-bond acceptors (Lipinski definition) is 2. The Hall–Kier alpha value is -1.00. The highest BCUT2D eigenvalue weighted by atomic mass is 19.1. The molecule has 2 rings (SSSR count). The molecule has 4 heteroatoms. The van der Waals surface area contributed by atoms with Crippen LogP contribution in [-0.4, -0.2) is 18.8 Å². The Balaban J connectivity index is 2.04. The molecule has 3 atom stereocenters. The van der Waals surface area contributed by atoms with E-state index in [1.807, 2.05) is 0 Å². The van der Waals surface area contributed by atoms with Crippen LogP contribution in [0.3, 0.4) is 0 Å². The molecule has 0 bridgehead atoms.